The van der Waals surface area contributed by atoms with E-state index in [4.69, 9.17) is 14.2 Å². The fourth-order valence-electron chi connectivity index (χ4n) is 12.1. The predicted octanol–water partition coefficient (Wildman–Crippen LogP) is 8.47. The zero-order chi connectivity index (χ0) is 54.0. The summed E-state index contributed by atoms with van der Waals surface area (Å²) in [5, 5.41) is 25.2. The number of nitrogens with zero attached hydrogens (tertiary/aromatic N) is 6. The van der Waals surface area contributed by atoms with Crippen LogP contribution in [0.1, 0.15) is 64.5 Å². The Kier molecular flexibility index (Phi) is 13.9. The molecule has 4 aliphatic heterocycles. The van der Waals surface area contributed by atoms with Crippen molar-refractivity contribution in [2.45, 2.75) is 49.2 Å². The van der Waals surface area contributed by atoms with E-state index in [1.54, 1.807) is 47.1 Å². The maximum Gasteiger partial charge on any atom is 0.329 e. The molecule has 12 rings (SSSR count). The Morgan fingerprint density at radius 1 is 0.797 bits per heavy atom. The molecule has 3 fully saturated rings. The second-order valence-electron chi connectivity index (χ2n) is 20.0. The van der Waals surface area contributed by atoms with Crippen molar-refractivity contribution in [1.29, 1.82) is 0 Å². The van der Waals surface area contributed by atoms with Crippen LogP contribution in [0.2, 0.25) is 0 Å². The molecule has 1 spiro atoms. The Balaban J connectivity index is 1.10. The van der Waals surface area contributed by atoms with Gasteiger partial charge in [0.15, 0.2) is 0 Å². The van der Waals surface area contributed by atoms with Gasteiger partial charge in [-0.15, -0.1) is 5.10 Å². The summed E-state index contributed by atoms with van der Waals surface area (Å²) in [4.78, 5) is 69.8. The van der Waals surface area contributed by atoms with E-state index >= 15 is 19.2 Å². The highest BCUT2D eigenvalue weighted by Crippen LogP contribution is 2.67. The monoisotopic (exact) mass is 1050 g/mol. The minimum atomic E-state index is -2.12. The standard InChI is InChI=1S/C63H56N8O8/c1-41(43-17-5-2-6-18-43)64-62(76)70-51-32-27-42(16-15-33-69-52-25-13-12-24-50(52)66-67-69)40-49(51)63(61(70)75)54(59(73)65-46-28-30-47(31-29-46)68-34-37-77-38-35-68)56-60(74)79-57(45-21-9-4-10-22-45)55(44-19-7-3-8-20-44)71(56)58(63)48-23-11-14-26-53(48)78-39-36-72/h2-14,17-32,40-41,54-58,72H,33-39H2,1H3,(H,64,76)(H,65,73)/t41-,54+,55+,56+,57-,58-,63+/m1/s1. The minimum absolute atomic E-state index is 0.113. The van der Waals surface area contributed by atoms with Crippen LogP contribution in [0, 0.1) is 17.8 Å². The van der Waals surface area contributed by atoms with Gasteiger partial charge in [-0.2, -0.15) is 0 Å². The van der Waals surface area contributed by atoms with Crippen molar-refractivity contribution in [2.24, 2.45) is 5.92 Å². The molecule has 79 heavy (non-hydrogen) atoms. The number of aliphatic hydroxyl groups excluding tert-OH is 1. The molecule has 0 bridgehead atoms. The number of rotatable bonds is 12. The quantitative estimate of drug-likeness (QED) is 0.0786. The van der Waals surface area contributed by atoms with Crippen molar-refractivity contribution in [3.63, 3.8) is 0 Å². The van der Waals surface area contributed by atoms with Gasteiger partial charge in [0.1, 0.15) is 42.0 Å². The van der Waals surface area contributed by atoms with Crippen molar-refractivity contribution >= 4 is 51.9 Å². The highest BCUT2D eigenvalue weighted by molar-refractivity contribution is 6.25. The van der Waals surface area contributed by atoms with Crippen LogP contribution in [0.5, 0.6) is 5.75 Å². The number of carbonyl (C=O) groups excluding carboxylic acids is 4. The number of ether oxygens (including phenoxy) is 3. The summed E-state index contributed by atoms with van der Waals surface area (Å²) >= 11 is 0. The molecule has 16 heteroatoms. The Hall–Kier alpha value is -9.14. The number of anilines is 3. The summed E-state index contributed by atoms with van der Waals surface area (Å²) in [6.07, 6.45) is -0.959. The number of fused-ring (bicyclic) bond motifs is 4. The van der Waals surface area contributed by atoms with Gasteiger partial charge in [-0.25, -0.2) is 14.4 Å². The molecule has 0 saturated carbocycles. The molecule has 4 aliphatic rings. The number of nitrogens with one attached hydrogen (secondary N) is 2. The molecule has 7 atom stereocenters. The molecule has 396 valence electrons. The van der Waals surface area contributed by atoms with Gasteiger partial charge in [0.05, 0.1) is 55.1 Å². The van der Waals surface area contributed by atoms with E-state index in [2.05, 4.69) is 37.7 Å². The van der Waals surface area contributed by atoms with Crippen LogP contribution in [0.3, 0.4) is 0 Å². The summed E-state index contributed by atoms with van der Waals surface area (Å²) in [5.74, 6) is 3.09. The molecule has 1 aromatic heterocycles. The smallest absolute Gasteiger partial charge is 0.329 e. The molecule has 16 nitrogen and oxygen atoms in total. The van der Waals surface area contributed by atoms with E-state index in [1.165, 1.54) is 0 Å². The summed E-state index contributed by atoms with van der Waals surface area (Å²) in [6.45, 7) is 4.13. The lowest BCUT2D eigenvalue weighted by atomic mass is 9.65. The van der Waals surface area contributed by atoms with Crippen LogP contribution in [0.4, 0.5) is 21.9 Å². The molecular weight excluding hydrogens is 997 g/mol. The Morgan fingerprint density at radius 3 is 2.23 bits per heavy atom. The molecule has 3 N–H and O–H groups in total. The third kappa shape index (κ3) is 9.21. The number of para-hydroxylation sites is 2. The molecule has 0 radical (unpaired) electrons. The number of urea groups is 1. The third-order valence-corrected chi connectivity index (χ3v) is 15.5. The fraction of sp³-hybridized carbons (Fsp3) is 0.238. The number of carbonyl (C=O) groups is 4. The van der Waals surface area contributed by atoms with Crippen molar-refractivity contribution in [3.05, 3.63) is 215 Å². The number of hydrogen-bond acceptors (Lipinski definition) is 12. The number of cyclic esters (lactones) is 1. The summed E-state index contributed by atoms with van der Waals surface area (Å²) < 4.78 is 20.4. The van der Waals surface area contributed by atoms with Crippen molar-refractivity contribution in [3.8, 4) is 17.6 Å². The Labute approximate surface area is 456 Å². The number of esters is 1. The number of amides is 4. The van der Waals surface area contributed by atoms with Crippen LogP contribution in [-0.2, 0) is 35.8 Å². The van der Waals surface area contributed by atoms with E-state index < -0.39 is 65.4 Å². The molecule has 7 aromatic carbocycles. The van der Waals surface area contributed by atoms with E-state index in [0.29, 0.717) is 59.9 Å². The summed E-state index contributed by atoms with van der Waals surface area (Å²) in [5.41, 5.74) is 4.35. The minimum Gasteiger partial charge on any atom is -0.491 e. The molecule has 5 heterocycles. The van der Waals surface area contributed by atoms with Crippen molar-refractivity contribution in [1.82, 2.24) is 25.2 Å². The number of aromatic nitrogens is 3. The molecule has 0 aliphatic carbocycles. The highest BCUT2D eigenvalue weighted by atomic mass is 16.6. The van der Waals surface area contributed by atoms with Gasteiger partial charge in [-0.1, -0.05) is 138 Å². The number of morpholine rings is 2. The maximum absolute atomic E-state index is 17.0. The van der Waals surface area contributed by atoms with Crippen molar-refractivity contribution < 1.29 is 38.5 Å². The van der Waals surface area contributed by atoms with Crippen LogP contribution < -0.4 is 25.2 Å². The van der Waals surface area contributed by atoms with Crippen molar-refractivity contribution in [2.75, 3.05) is 54.6 Å². The van der Waals surface area contributed by atoms with E-state index in [-0.39, 0.29) is 31.0 Å². The molecule has 4 amide bonds. The first-order valence-corrected chi connectivity index (χ1v) is 26.5. The molecular formula is C63H56N8O8. The van der Waals surface area contributed by atoms with Gasteiger partial charge >= 0.3 is 12.0 Å². The van der Waals surface area contributed by atoms with E-state index in [9.17, 15) is 5.11 Å². The maximum atomic E-state index is 17.0. The SMILES string of the molecule is C[C@@H](NC(=O)N1C(=O)[C@@]2(c3cc(C#CCn4nnc5ccccc54)ccc31)[C@H](C(=O)Nc1ccc(N3CCOCC3)cc1)[C@H]1C(=O)O[C@H](c3ccccc3)[C@H](c3ccccc3)N1[C@@H]2c1ccccc1OCCO)c1ccccc1. The largest absolute Gasteiger partial charge is 0.491 e. The first-order chi connectivity index (χ1) is 38.7. The Morgan fingerprint density at radius 2 is 1.48 bits per heavy atom. The average molecular weight is 1050 g/mol. The van der Waals surface area contributed by atoms with Gasteiger partial charge in [-0.3, -0.25) is 19.3 Å². The highest BCUT2D eigenvalue weighted by Gasteiger charge is 2.76. The zero-order valence-corrected chi connectivity index (χ0v) is 43.2. The van der Waals surface area contributed by atoms with Crippen LogP contribution >= 0.6 is 0 Å². The third-order valence-electron chi connectivity index (χ3n) is 15.5. The second-order valence-corrected chi connectivity index (χ2v) is 20.0. The fourth-order valence-corrected chi connectivity index (χ4v) is 12.1. The lowest BCUT2D eigenvalue weighted by Gasteiger charge is -2.46. The first kappa shape index (κ1) is 50.7. The lowest BCUT2D eigenvalue weighted by Crippen LogP contribution is -2.55. The lowest BCUT2D eigenvalue weighted by molar-refractivity contribution is -0.177. The second kappa shape index (κ2) is 21.7. The number of benzene rings is 7. The molecule has 0 unspecified atom stereocenters. The number of imide groups is 1. The van der Waals surface area contributed by atoms with Crippen LogP contribution in [0.25, 0.3) is 11.0 Å². The zero-order valence-electron chi connectivity index (χ0n) is 43.2. The van der Waals surface area contributed by atoms with Crippen LogP contribution in [-0.4, -0.2) is 94.4 Å². The van der Waals surface area contributed by atoms with Gasteiger partial charge in [-0.05, 0) is 89.8 Å². The van der Waals surface area contributed by atoms with Gasteiger partial charge < -0.3 is 34.9 Å². The van der Waals surface area contributed by atoms with Gasteiger partial charge in [0.2, 0.25) is 11.8 Å². The topological polar surface area (TPSA) is 181 Å². The summed E-state index contributed by atoms with van der Waals surface area (Å²) in [7, 11) is 0. The first-order valence-electron chi connectivity index (χ1n) is 26.5. The average Bonchev–Trinajstić information content (AvgIpc) is 2.22. The predicted molar refractivity (Wildman–Crippen MR) is 297 cm³/mol. The van der Waals surface area contributed by atoms with E-state index in [0.717, 1.165) is 27.2 Å². The van der Waals surface area contributed by atoms with Crippen LogP contribution in [0.15, 0.2) is 182 Å². The van der Waals surface area contributed by atoms with E-state index in [1.807, 2.05) is 151 Å². The number of aliphatic hydroxyl groups is 1. The normalized spacial score (nSPS) is 21.9. The Bertz CT molecular complexity index is 3620. The van der Waals surface area contributed by atoms with Gasteiger partial charge in [0, 0.05) is 35.6 Å². The van der Waals surface area contributed by atoms with Gasteiger partial charge in [0.25, 0.3) is 0 Å². The summed E-state index contributed by atoms with van der Waals surface area (Å²) in [6, 6.07) is 50.9. The number of hydrogen-bond donors (Lipinski definition) is 3. The molecule has 3 saturated heterocycles. The molecule has 8 aromatic rings.